The molecular formula is C29H29F2N5O2. The molecular weight excluding hydrogens is 488 g/mol. The number of hydrogen-bond donors (Lipinski definition) is 1. The fraction of sp³-hybridized carbons (Fsp3) is 0.310. The Kier molecular flexibility index (Phi) is 7.18. The molecule has 7 nitrogen and oxygen atoms in total. The minimum absolute atomic E-state index is 0.00368. The molecule has 38 heavy (non-hydrogen) atoms. The lowest BCUT2D eigenvalue weighted by molar-refractivity contribution is -0.138. The van der Waals surface area contributed by atoms with Gasteiger partial charge in [-0.3, -0.25) is 9.59 Å². The van der Waals surface area contributed by atoms with E-state index in [9.17, 15) is 18.4 Å². The van der Waals surface area contributed by atoms with Gasteiger partial charge < -0.3 is 10.2 Å². The van der Waals surface area contributed by atoms with Gasteiger partial charge in [0.05, 0.1) is 19.0 Å². The van der Waals surface area contributed by atoms with Crippen molar-refractivity contribution in [3.8, 4) is 0 Å². The molecule has 196 valence electrons. The first-order valence-electron chi connectivity index (χ1n) is 12.7. The van der Waals surface area contributed by atoms with Crippen molar-refractivity contribution in [2.45, 2.75) is 50.9 Å². The molecule has 1 aliphatic rings. The molecule has 0 saturated carbocycles. The third kappa shape index (κ3) is 5.27. The molecule has 3 heterocycles. The number of aromatic nitrogens is 3. The third-order valence-corrected chi connectivity index (χ3v) is 6.96. The summed E-state index contributed by atoms with van der Waals surface area (Å²) in [5, 5.41) is 7.05. The topological polar surface area (TPSA) is 79.6 Å². The summed E-state index contributed by atoms with van der Waals surface area (Å²) in [4.78, 5) is 32.1. The quantitative estimate of drug-likeness (QED) is 0.395. The summed E-state index contributed by atoms with van der Waals surface area (Å²) in [5.41, 5.74) is 3.24. The molecule has 1 fully saturated rings. The number of fused-ring (bicyclic) bond motifs is 1. The number of likely N-dealkylation sites (tertiary alicyclic amines) is 1. The van der Waals surface area contributed by atoms with Crippen LogP contribution >= 0.6 is 0 Å². The van der Waals surface area contributed by atoms with Gasteiger partial charge in [-0.05, 0) is 40.3 Å². The van der Waals surface area contributed by atoms with E-state index in [1.54, 1.807) is 35.0 Å². The molecule has 1 N–H and O–H groups in total. The van der Waals surface area contributed by atoms with Crippen molar-refractivity contribution < 1.29 is 18.4 Å². The lowest BCUT2D eigenvalue weighted by atomic mass is 9.94. The van der Waals surface area contributed by atoms with Crippen molar-refractivity contribution in [2.24, 2.45) is 0 Å². The largest absolute Gasteiger partial charge is 0.343 e. The van der Waals surface area contributed by atoms with Gasteiger partial charge in [0.15, 0.2) is 5.65 Å². The Morgan fingerprint density at radius 1 is 1.08 bits per heavy atom. The lowest BCUT2D eigenvalue weighted by Crippen LogP contribution is -2.47. The van der Waals surface area contributed by atoms with Crippen LogP contribution in [0.3, 0.4) is 0 Å². The normalized spacial score (nSPS) is 18.2. The van der Waals surface area contributed by atoms with Crippen molar-refractivity contribution in [2.75, 3.05) is 6.54 Å². The number of amides is 2. The summed E-state index contributed by atoms with van der Waals surface area (Å²) < 4.78 is 31.0. The van der Waals surface area contributed by atoms with Crippen LogP contribution in [0.4, 0.5) is 8.78 Å². The summed E-state index contributed by atoms with van der Waals surface area (Å²) in [5.74, 6) is -1.17. The second-order valence-electron chi connectivity index (χ2n) is 9.96. The average Bonchev–Trinajstić information content (AvgIpc) is 3.53. The maximum absolute atomic E-state index is 14.9. The number of benzene rings is 2. The van der Waals surface area contributed by atoms with Crippen LogP contribution in [-0.4, -0.2) is 50.1 Å². The fourth-order valence-corrected chi connectivity index (χ4v) is 4.98. The summed E-state index contributed by atoms with van der Waals surface area (Å²) in [6.07, 6.45) is 1.70. The molecule has 0 bridgehead atoms. The number of hydrogen-bond acceptors (Lipinski definition) is 4. The first-order chi connectivity index (χ1) is 18.3. The second kappa shape index (κ2) is 10.7. The molecule has 1 aliphatic heterocycles. The van der Waals surface area contributed by atoms with Crippen molar-refractivity contribution in [3.63, 3.8) is 0 Å². The van der Waals surface area contributed by atoms with E-state index in [0.29, 0.717) is 22.3 Å². The highest BCUT2D eigenvalue weighted by molar-refractivity contribution is 5.89. The molecule has 0 aliphatic carbocycles. The predicted molar refractivity (Wildman–Crippen MR) is 139 cm³/mol. The number of nitrogens with zero attached hydrogens (tertiary/aromatic N) is 4. The Bertz CT molecular complexity index is 1460. The van der Waals surface area contributed by atoms with E-state index in [4.69, 9.17) is 0 Å². The zero-order chi connectivity index (χ0) is 26.8. The minimum Gasteiger partial charge on any atom is -0.343 e. The van der Waals surface area contributed by atoms with Gasteiger partial charge in [0.2, 0.25) is 11.8 Å². The van der Waals surface area contributed by atoms with Gasteiger partial charge in [0.1, 0.15) is 24.4 Å². The number of rotatable bonds is 7. The van der Waals surface area contributed by atoms with Gasteiger partial charge in [0.25, 0.3) is 0 Å². The van der Waals surface area contributed by atoms with Gasteiger partial charge in [-0.15, -0.1) is 0 Å². The number of halogens is 2. The van der Waals surface area contributed by atoms with Gasteiger partial charge in [-0.1, -0.05) is 62.4 Å². The molecule has 0 radical (unpaired) electrons. The summed E-state index contributed by atoms with van der Waals surface area (Å²) in [7, 11) is 0. The molecule has 9 heteroatoms. The minimum atomic E-state index is -1.31. The van der Waals surface area contributed by atoms with Crippen LogP contribution in [0.1, 0.15) is 54.5 Å². The van der Waals surface area contributed by atoms with Crippen LogP contribution in [0.25, 0.3) is 5.65 Å². The molecule has 1 saturated heterocycles. The van der Waals surface area contributed by atoms with Crippen molar-refractivity contribution in [1.29, 1.82) is 0 Å². The SMILES string of the molecule is CC(C)c1ccc([C@@H](NC(=O)[C@@H]2C[C@@H](F)CN2C(=O)Cc2ccc3ncnn3c2)c2ccccc2)cc1F. The second-order valence-corrected chi connectivity index (χ2v) is 9.96. The maximum atomic E-state index is 14.9. The van der Waals surface area contributed by atoms with E-state index < -0.39 is 24.2 Å². The van der Waals surface area contributed by atoms with Gasteiger partial charge in [-0.25, -0.2) is 18.3 Å². The molecule has 2 aromatic heterocycles. The molecule has 4 aromatic rings. The molecule has 3 atom stereocenters. The van der Waals surface area contributed by atoms with E-state index in [1.807, 2.05) is 44.2 Å². The molecule has 2 amide bonds. The van der Waals surface area contributed by atoms with Crippen LogP contribution in [0.2, 0.25) is 0 Å². The van der Waals surface area contributed by atoms with Crippen LogP contribution in [0.5, 0.6) is 0 Å². The fourth-order valence-electron chi connectivity index (χ4n) is 4.98. The van der Waals surface area contributed by atoms with Crippen molar-refractivity contribution in [1.82, 2.24) is 24.8 Å². The monoisotopic (exact) mass is 517 g/mol. The Balaban J connectivity index is 1.38. The van der Waals surface area contributed by atoms with E-state index in [2.05, 4.69) is 15.4 Å². The first-order valence-corrected chi connectivity index (χ1v) is 12.7. The highest BCUT2D eigenvalue weighted by Crippen LogP contribution is 2.28. The predicted octanol–water partition coefficient (Wildman–Crippen LogP) is 4.38. The smallest absolute Gasteiger partial charge is 0.243 e. The zero-order valence-electron chi connectivity index (χ0n) is 21.2. The van der Waals surface area contributed by atoms with Gasteiger partial charge in [0, 0.05) is 12.6 Å². The summed E-state index contributed by atoms with van der Waals surface area (Å²) >= 11 is 0. The van der Waals surface area contributed by atoms with Crippen LogP contribution in [-0.2, 0) is 16.0 Å². The van der Waals surface area contributed by atoms with Crippen LogP contribution < -0.4 is 5.32 Å². The van der Waals surface area contributed by atoms with Crippen molar-refractivity contribution in [3.05, 3.63) is 101 Å². The lowest BCUT2D eigenvalue weighted by Gasteiger charge is -2.27. The highest BCUT2D eigenvalue weighted by Gasteiger charge is 2.40. The number of carbonyl (C=O) groups excluding carboxylic acids is 2. The van der Waals surface area contributed by atoms with Crippen molar-refractivity contribution >= 4 is 17.5 Å². The Morgan fingerprint density at radius 3 is 2.61 bits per heavy atom. The molecule has 5 rings (SSSR count). The molecule has 0 unspecified atom stereocenters. The zero-order valence-corrected chi connectivity index (χ0v) is 21.2. The van der Waals surface area contributed by atoms with Gasteiger partial charge >= 0.3 is 0 Å². The number of pyridine rings is 1. The third-order valence-electron chi connectivity index (χ3n) is 6.96. The van der Waals surface area contributed by atoms with Crippen LogP contribution in [0, 0.1) is 5.82 Å². The average molecular weight is 518 g/mol. The number of alkyl halides is 1. The van der Waals surface area contributed by atoms with E-state index in [0.717, 1.165) is 5.56 Å². The first kappa shape index (κ1) is 25.5. The number of nitrogens with one attached hydrogen (secondary N) is 1. The van der Waals surface area contributed by atoms with Crippen LogP contribution in [0.15, 0.2) is 73.2 Å². The number of carbonyl (C=O) groups is 2. The Hall–Kier alpha value is -4.14. The van der Waals surface area contributed by atoms with E-state index in [-0.39, 0.29) is 37.0 Å². The standard InChI is InChI=1S/C29H29F2N5O2/c1-18(2)23-10-9-21(13-24(23)31)28(20-6-4-3-5-7-20)34-29(38)25-14-22(30)16-35(25)27(37)12-19-8-11-26-32-17-33-36(26)15-19/h3-11,13,15,17-18,22,25,28H,12,14,16H2,1-2H3,(H,34,38)/t22-,25+,28+/m1/s1. The molecule has 0 spiro atoms. The summed E-state index contributed by atoms with van der Waals surface area (Å²) in [6.45, 7) is 3.67. The van der Waals surface area contributed by atoms with E-state index in [1.165, 1.54) is 17.3 Å². The van der Waals surface area contributed by atoms with Gasteiger partial charge in [-0.2, -0.15) is 5.10 Å². The molecule has 2 aromatic carbocycles. The maximum Gasteiger partial charge on any atom is 0.243 e. The van der Waals surface area contributed by atoms with E-state index >= 15 is 0 Å². The highest BCUT2D eigenvalue weighted by atomic mass is 19.1. The Labute approximate surface area is 219 Å². The Morgan fingerprint density at radius 2 is 1.87 bits per heavy atom. The summed E-state index contributed by atoms with van der Waals surface area (Å²) in [6, 6.07) is 16.0.